The lowest BCUT2D eigenvalue weighted by Crippen LogP contribution is -2.22. The molecule has 2 atom stereocenters. The van der Waals surface area contributed by atoms with Gasteiger partial charge in [0.15, 0.2) is 6.10 Å². The predicted octanol–water partition coefficient (Wildman–Crippen LogP) is 3.16. The maximum atomic E-state index is 10.9. The van der Waals surface area contributed by atoms with E-state index in [1.54, 1.807) is 0 Å². The molecule has 0 aromatic carbocycles. The number of ether oxygens (including phenoxy) is 1. The molecule has 0 aromatic heterocycles. The second-order valence-corrected chi connectivity index (χ2v) is 3.84. The summed E-state index contributed by atoms with van der Waals surface area (Å²) in [6.07, 6.45) is 3.89. The topological polar surface area (TPSA) is 26.3 Å². The van der Waals surface area contributed by atoms with E-state index in [1.165, 1.54) is 6.92 Å². The first-order valence-corrected chi connectivity index (χ1v) is 5.77. The highest BCUT2D eigenvalue weighted by molar-refractivity contribution is 5.66. The number of carbonyl (C=O) groups is 1. The molecule has 0 aromatic rings. The van der Waals surface area contributed by atoms with Crippen molar-refractivity contribution in [2.24, 2.45) is 5.92 Å². The lowest BCUT2D eigenvalue weighted by Gasteiger charge is -2.16. The second-order valence-electron chi connectivity index (χ2n) is 3.84. The Balaban J connectivity index is 4.20. The molecule has 0 spiro atoms. The van der Waals surface area contributed by atoms with Crippen molar-refractivity contribution in [1.82, 2.24) is 0 Å². The van der Waals surface area contributed by atoms with Gasteiger partial charge in [-0.2, -0.15) is 0 Å². The van der Waals surface area contributed by atoms with E-state index in [0.717, 1.165) is 25.7 Å². The lowest BCUT2D eigenvalue weighted by atomic mass is 10.0. The average Bonchev–Trinajstić information content (AvgIpc) is 2.21. The SMILES string of the molecule is CCCCC#CC(OC(C)=O)C(C)CC. The molecule has 0 aliphatic carbocycles. The van der Waals surface area contributed by atoms with Crippen LogP contribution < -0.4 is 0 Å². The van der Waals surface area contributed by atoms with Crippen molar-refractivity contribution in [2.45, 2.75) is 59.5 Å². The minimum Gasteiger partial charge on any atom is -0.449 e. The van der Waals surface area contributed by atoms with Crippen molar-refractivity contribution in [2.75, 3.05) is 0 Å². The Morgan fingerprint density at radius 1 is 1.40 bits per heavy atom. The highest BCUT2D eigenvalue weighted by Crippen LogP contribution is 2.11. The summed E-state index contributed by atoms with van der Waals surface area (Å²) in [7, 11) is 0. The Kier molecular flexibility index (Phi) is 7.81. The standard InChI is InChI=1S/C13H22O2/c1-5-7-8-9-10-13(11(3)6-2)15-12(4)14/h11,13H,5-8H2,1-4H3. The summed E-state index contributed by atoms with van der Waals surface area (Å²) in [5.74, 6) is 6.19. The Bertz CT molecular complexity index is 235. The fourth-order valence-corrected chi connectivity index (χ4v) is 1.12. The Morgan fingerprint density at radius 3 is 2.53 bits per heavy atom. The molecule has 2 nitrogen and oxygen atoms in total. The maximum absolute atomic E-state index is 10.9. The number of rotatable bonds is 5. The molecule has 0 aliphatic rings. The van der Waals surface area contributed by atoms with Crippen LogP contribution in [0.4, 0.5) is 0 Å². The van der Waals surface area contributed by atoms with Crippen molar-refractivity contribution in [3.05, 3.63) is 0 Å². The van der Waals surface area contributed by atoms with Crippen LogP contribution in [0.5, 0.6) is 0 Å². The van der Waals surface area contributed by atoms with E-state index in [9.17, 15) is 4.79 Å². The van der Waals surface area contributed by atoms with E-state index in [1.807, 2.05) is 0 Å². The van der Waals surface area contributed by atoms with Crippen LogP contribution in [0.25, 0.3) is 0 Å². The van der Waals surface area contributed by atoms with Gasteiger partial charge in [-0.3, -0.25) is 4.79 Å². The zero-order chi connectivity index (χ0) is 11.7. The molecule has 0 heterocycles. The molecular weight excluding hydrogens is 188 g/mol. The fraction of sp³-hybridized carbons (Fsp3) is 0.769. The van der Waals surface area contributed by atoms with E-state index in [4.69, 9.17) is 4.74 Å². The van der Waals surface area contributed by atoms with Gasteiger partial charge in [-0.25, -0.2) is 0 Å². The third kappa shape index (κ3) is 7.02. The third-order valence-electron chi connectivity index (χ3n) is 2.35. The summed E-state index contributed by atoms with van der Waals surface area (Å²) in [6, 6.07) is 0. The molecule has 15 heavy (non-hydrogen) atoms. The number of unbranched alkanes of at least 4 members (excludes halogenated alkanes) is 2. The smallest absolute Gasteiger partial charge is 0.303 e. The summed E-state index contributed by atoms with van der Waals surface area (Å²) >= 11 is 0. The molecule has 0 amide bonds. The van der Waals surface area contributed by atoms with Gasteiger partial charge in [0.25, 0.3) is 0 Å². The summed E-state index contributed by atoms with van der Waals surface area (Å²) in [5.41, 5.74) is 0. The third-order valence-corrected chi connectivity index (χ3v) is 2.35. The molecule has 0 aliphatic heterocycles. The van der Waals surface area contributed by atoms with Crippen LogP contribution in [-0.2, 0) is 9.53 Å². The maximum Gasteiger partial charge on any atom is 0.303 e. The zero-order valence-corrected chi connectivity index (χ0v) is 10.3. The van der Waals surface area contributed by atoms with E-state index in [0.29, 0.717) is 5.92 Å². The van der Waals surface area contributed by atoms with Gasteiger partial charge in [0.2, 0.25) is 0 Å². The van der Waals surface area contributed by atoms with Crippen molar-refractivity contribution >= 4 is 5.97 Å². The highest BCUT2D eigenvalue weighted by Gasteiger charge is 2.15. The summed E-state index contributed by atoms with van der Waals surface area (Å²) < 4.78 is 5.17. The first-order valence-electron chi connectivity index (χ1n) is 5.77. The van der Waals surface area contributed by atoms with Crippen LogP contribution in [0.15, 0.2) is 0 Å². The molecule has 0 N–H and O–H groups in total. The van der Waals surface area contributed by atoms with E-state index < -0.39 is 0 Å². The van der Waals surface area contributed by atoms with Crippen LogP contribution in [0.1, 0.15) is 53.4 Å². The molecule has 2 unspecified atom stereocenters. The van der Waals surface area contributed by atoms with Gasteiger partial charge < -0.3 is 4.74 Å². The van der Waals surface area contributed by atoms with Crippen LogP contribution >= 0.6 is 0 Å². The molecule has 0 saturated heterocycles. The van der Waals surface area contributed by atoms with Crippen molar-refractivity contribution < 1.29 is 9.53 Å². The molecule has 0 radical (unpaired) electrons. The average molecular weight is 210 g/mol. The first-order chi connectivity index (χ1) is 7.11. The quantitative estimate of drug-likeness (QED) is 0.396. The Labute approximate surface area is 93.4 Å². The van der Waals surface area contributed by atoms with Crippen LogP contribution in [0.2, 0.25) is 0 Å². The molecular formula is C13H22O2. The van der Waals surface area contributed by atoms with E-state index >= 15 is 0 Å². The van der Waals surface area contributed by atoms with Crippen LogP contribution in [0, 0.1) is 17.8 Å². The summed E-state index contributed by atoms with van der Waals surface area (Å²) in [4.78, 5) is 10.9. The lowest BCUT2D eigenvalue weighted by molar-refractivity contribution is -0.145. The molecule has 2 heteroatoms. The largest absolute Gasteiger partial charge is 0.449 e. The van der Waals surface area contributed by atoms with Crippen molar-refractivity contribution in [3.63, 3.8) is 0 Å². The van der Waals surface area contributed by atoms with Gasteiger partial charge in [-0.15, -0.1) is 0 Å². The fourth-order valence-electron chi connectivity index (χ4n) is 1.12. The summed E-state index contributed by atoms with van der Waals surface area (Å²) in [6.45, 7) is 7.71. The minimum atomic E-state index is -0.245. The van der Waals surface area contributed by atoms with Gasteiger partial charge in [-0.1, -0.05) is 39.0 Å². The van der Waals surface area contributed by atoms with E-state index in [2.05, 4.69) is 32.6 Å². The molecule has 0 bridgehead atoms. The van der Waals surface area contributed by atoms with Crippen molar-refractivity contribution in [3.8, 4) is 11.8 Å². The monoisotopic (exact) mass is 210 g/mol. The van der Waals surface area contributed by atoms with Crippen molar-refractivity contribution in [1.29, 1.82) is 0 Å². The zero-order valence-electron chi connectivity index (χ0n) is 10.3. The van der Waals surface area contributed by atoms with Gasteiger partial charge >= 0.3 is 5.97 Å². The summed E-state index contributed by atoms with van der Waals surface area (Å²) in [5, 5.41) is 0. The molecule has 86 valence electrons. The first kappa shape index (κ1) is 14.0. The molecule has 0 fully saturated rings. The number of carbonyl (C=O) groups excluding carboxylic acids is 1. The highest BCUT2D eigenvalue weighted by atomic mass is 16.5. The normalized spacial score (nSPS) is 13.6. The van der Waals surface area contributed by atoms with E-state index in [-0.39, 0.29) is 12.1 Å². The van der Waals surface area contributed by atoms with Gasteiger partial charge in [-0.05, 0) is 12.8 Å². The van der Waals surface area contributed by atoms with Gasteiger partial charge in [0, 0.05) is 19.3 Å². The molecule has 0 saturated carbocycles. The van der Waals surface area contributed by atoms with Crippen LogP contribution in [-0.4, -0.2) is 12.1 Å². The second kappa shape index (κ2) is 8.35. The predicted molar refractivity (Wildman–Crippen MR) is 62.3 cm³/mol. The number of hydrogen-bond donors (Lipinski definition) is 0. The Morgan fingerprint density at radius 2 is 2.07 bits per heavy atom. The minimum absolute atomic E-state index is 0.232. The number of esters is 1. The Hall–Kier alpha value is -0.970. The van der Waals surface area contributed by atoms with Crippen LogP contribution in [0.3, 0.4) is 0 Å². The van der Waals surface area contributed by atoms with Gasteiger partial charge in [0.1, 0.15) is 0 Å². The number of hydrogen-bond acceptors (Lipinski definition) is 2. The van der Waals surface area contributed by atoms with Gasteiger partial charge in [0.05, 0.1) is 0 Å². The molecule has 0 rings (SSSR count).